The molecule has 7 nitrogen and oxygen atoms in total. The number of aromatic nitrogens is 6. The third-order valence-electron chi connectivity index (χ3n) is 4.21. The van der Waals surface area contributed by atoms with Crippen molar-refractivity contribution in [2.75, 3.05) is 0 Å². The smallest absolute Gasteiger partial charge is 0.273 e. The maximum atomic E-state index is 13.1. The number of fused-ring (bicyclic) bond motifs is 4. The van der Waals surface area contributed by atoms with Gasteiger partial charge in [-0.25, -0.2) is 4.39 Å². The molecule has 0 aliphatic rings. The molecule has 2 N–H and O–H groups in total. The van der Waals surface area contributed by atoms with Crippen molar-refractivity contribution in [2.24, 2.45) is 0 Å². The highest BCUT2D eigenvalue weighted by Crippen LogP contribution is 2.35. The van der Waals surface area contributed by atoms with Crippen LogP contribution in [-0.4, -0.2) is 34.9 Å². The summed E-state index contributed by atoms with van der Waals surface area (Å²) in [5.74, 6) is 0.569. The Morgan fingerprint density at radius 3 is 2.73 bits per heavy atom. The first-order valence-corrected chi connectivity index (χ1v) is 8.13. The highest BCUT2D eigenvalue weighted by atomic mass is 35.5. The summed E-state index contributed by atoms with van der Waals surface area (Å²) in [6.07, 6.45) is 0.420. The van der Waals surface area contributed by atoms with E-state index in [9.17, 15) is 9.50 Å². The van der Waals surface area contributed by atoms with Gasteiger partial charge in [-0.1, -0.05) is 23.7 Å². The summed E-state index contributed by atoms with van der Waals surface area (Å²) in [4.78, 5) is 7.54. The summed E-state index contributed by atoms with van der Waals surface area (Å²) in [7, 11) is 0. The van der Waals surface area contributed by atoms with Crippen molar-refractivity contribution in [2.45, 2.75) is 6.42 Å². The van der Waals surface area contributed by atoms with Crippen molar-refractivity contribution in [1.82, 2.24) is 29.8 Å². The van der Waals surface area contributed by atoms with Gasteiger partial charge < -0.3 is 10.1 Å². The Balaban J connectivity index is 1.72. The van der Waals surface area contributed by atoms with Crippen molar-refractivity contribution < 1.29 is 9.50 Å². The van der Waals surface area contributed by atoms with Crippen LogP contribution in [0.25, 0.3) is 27.8 Å². The zero-order valence-corrected chi connectivity index (χ0v) is 13.9. The Morgan fingerprint density at radius 1 is 1.12 bits per heavy atom. The van der Waals surface area contributed by atoms with Crippen LogP contribution in [0.3, 0.4) is 0 Å². The van der Waals surface area contributed by atoms with Gasteiger partial charge in [0.15, 0.2) is 11.5 Å². The maximum absolute atomic E-state index is 13.1. The van der Waals surface area contributed by atoms with Crippen molar-refractivity contribution in [3.63, 3.8) is 0 Å². The second-order valence-corrected chi connectivity index (χ2v) is 6.26. The molecule has 9 heteroatoms. The first kappa shape index (κ1) is 15.0. The highest BCUT2D eigenvalue weighted by Gasteiger charge is 2.17. The summed E-state index contributed by atoms with van der Waals surface area (Å²) in [5, 5.41) is 23.4. The van der Waals surface area contributed by atoms with E-state index in [1.807, 2.05) is 0 Å². The molecule has 0 saturated carbocycles. The van der Waals surface area contributed by atoms with Gasteiger partial charge >= 0.3 is 0 Å². The molecular formula is C17H10ClFN6O. The Labute approximate surface area is 150 Å². The van der Waals surface area contributed by atoms with Gasteiger partial charge in [-0.05, 0) is 29.8 Å². The molecule has 26 heavy (non-hydrogen) atoms. The Kier molecular flexibility index (Phi) is 3.10. The minimum atomic E-state index is -0.297. The molecular weight excluding hydrogens is 359 g/mol. The van der Waals surface area contributed by atoms with Gasteiger partial charge in [-0.15, -0.1) is 10.2 Å². The predicted molar refractivity (Wildman–Crippen MR) is 93.8 cm³/mol. The lowest BCUT2D eigenvalue weighted by Crippen LogP contribution is -2.01. The van der Waals surface area contributed by atoms with E-state index >= 15 is 0 Å². The quantitative estimate of drug-likeness (QED) is 0.499. The second kappa shape index (κ2) is 5.37. The predicted octanol–water partition coefficient (Wildman–Crippen LogP) is 3.24. The SMILES string of the molecule is Oc1ccc2[nH]c3nc4nnc(Cc5ccc(F)cc5)n4nc3c2c1Cl. The standard InChI is InChI=1S/C17H10ClFN6O/c18-14-11(26)6-5-10-13(14)15-16(20-10)21-17-23-22-12(25(17)24-15)7-8-1-3-9(19)4-2-8/h1-6,26H,7H2,(H,20,21,23). The fourth-order valence-electron chi connectivity index (χ4n) is 2.95. The number of aromatic amines is 1. The van der Waals surface area contributed by atoms with Gasteiger partial charge in [0.05, 0.1) is 15.9 Å². The molecule has 128 valence electrons. The third kappa shape index (κ3) is 2.19. The van der Waals surface area contributed by atoms with Crippen molar-refractivity contribution in [3.05, 3.63) is 58.6 Å². The molecule has 0 bridgehead atoms. The molecule has 3 aromatic heterocycles. The molecule has 0 atom stereocenters. The number of benzene rings is 2. The van der Waals surface area contributed by atoms with E-state index in [1.54, 1.807) is 18.2 Å². The van der Waals surface area contributed by atoms with E-state index in [0.29, 0.717) is 40.1 Å². The van der Waals surface area contributed by atoms with Gasteiger partial charge in [0.25, 0.3) is 5.78 Å². The fourth-order valence-corrected chi connectivity index (χ4v) is 3.21. The molecule has 0 unspecified atom stereocenters. The third-order valence-corrected chi connectivity index (χ3v) is 4.59. The van der Waals surface area contributed by atoms with Crippen LogP contribution < -0.4 is 0 Å². The topological polar surface area (TPSA) is 92.0 Å². The molecule has 0 aliphatic heterocycles. The van der Waals surface area contributed by atoms with E-state index in [2.05, 4.69) is 25.3 Å². The lowest BCUT2D eigenvalue weighted by Gasteiger charge is -2.01. The highest BCUT2D eigenvalue weighted by molar-refractivity contribution is 6.39. The van der Waals surface area contributed by atoms with E-state index in [1.165, 1.54) is 22.7 Å². The van der Waals surface area contributed by atoms with Crippen molar-refractivity contribution in [3.8, 4) is 5.75 Å². The number of rotatable bonds is 2. The van der Waals surface area contributed by atoms with Gasteiger partial charge in [-0.3, -0.25) is 0 Å². The molecule has 0 fully saturated rings. The molecule has 5 rings (SSSR count). The number of halogens is 2. The number of aromatic hydroxyl groups is 1. The van der Waals surface area contributed by atoms with Crippen LogP contribution in [0.15, 0.2) is 36.4 Å². The molecule has 2 aromatic carbocycles. The van der Waals surface area contributed by atoms with E-state index in [-0.39, 0.29) is 16.6 Å². The average molecular weight is 369 g/mol. The van der Waals surface area contributed by atoms with Crippen molar-refractivity contribution >= 4 is 39.4 Å². The van der Waals surface area contributed by atoms with Crippen LogP contribution >= 0.6 is 11.6 Å². The molecule has 5 aromatic rings. The number of nitrogens with zero attached hydrogens (tertiary/aromatic N) is 5. The molecule has 0 saturated heterocycles. The number of phenolic OH excluding ortho intramolecular Hbond substituents is 1. The Bertz CT molecular complexity index is 1290. The number of H-pyrrole nitrogens is 1. The van der Waals surface area contributed by atoms with E-state index in [0.717, 1.165) is 5.56 Å². The Morgan fingerprint density at radius 2 is 1.92 bits per heavy atom. The summed E-state index contributed by atoms with van der Waals surface area (Å²) in [6.45, 7) is 0. The monoisotopic (exact) mass is 368 g/mol. The minimum absolute atomic E-state index is 0.0303. The van der Waals surface area contributed by atoms with Crippen LogP contribution in [0, 0.1) is 5.82 Å². The minimum Gasteiger partial charge on any atom is -0.506 e. The normalized spacial score (nSPS) is 11.8. The molecule has 0 spiro atoms. The van der Waals surface area contributed by atoms with Gasteiger partial charge in [0.2, 0.25) is 0 Å². The molecule has 0 radical (unpaired) electrons. The zero-order chi connectivity index (χ0) is 17.8. The largest absolute Gasteiger partial charge is 0.506 e. The van der Waals surface area contributed by atoms with Gasteiger partial charge in [0.1, 0.15) is 17.1 Å². The summed E-state index contributed by atoms with van der Waals surface area (Å²) < 4.78 is 14.6. The molecule has 0 aliphatic carbocycles. The fraction of sp³-hybridized carbons (Fsp3) is 0.0588. The second-order valence-electron chi connectivity index (χ2n) is 5.89. The number of phenols is 1. The lowest BCUT2D eigenvalue weighted by molar-refractivity contribution is 0.476. The van der Waals surface area contributed by atoms with Gasteiger partial charge in [-0.2, -0.15) is 14.6 Å². The first-order chi connectivity index (χ1) is 12.6. The van der Waals surface area contributed by atoms with Gasteiger partial charge in [0, 0.05) is 6.42 Å². The van der Waals surface area contributed by atoms with E-state index < -0.39 is 0 Å². The van der Waals surface area contributed by atoms with E-state index in [4.69, 9.17) is 11.6 Å². The van der Waals surface area contributed by atoms with Crippen molar-refractivity contribution in [1.29, 1.82) is 0 Å². The average Bonchev–Trinajstić information content (AvgIpc) is 3.19. The Hall–Kier alpha value is -3.26. The maximum Gasteiger partial charge on any atom is 0.273 e. The van der Waals surface area contributed by atoms with Crippen LogP contribution in [0.5, 0.6) is 5.75 Å². The van der Waals surface area contributed by atoms with Crippen LogP contribution in [0.2, 0.25) is 5.02 Å². The first-order valence-electron chi connectivity index (χ1n) is 7.76. The van der Waals surface area contributed by atoms with Crippen LogP contribution in [0.4, 0.5) is 4.39 Å². The van der Waals surface area contributed by atoms with Crippen LogP contribution in [-0.2, 0) is 6.42 Å². The summed E-state index contributed by atoms with van der Waals surface area (Å²) >= 11 is 6.24. The number of nitrogens with one attached hydrogen (secondary N) is 1. The summed E-state index contributed by atoms with van der Waals surface area (Å²) in [6, 6.07) is 9.37. The zero-order valence-electron chi connectivity index (χ0n) is 13.1. The number of hydrogen-bond donors (Lipinski definition) is 2. The summed E-state index contributed by atoms with van der Waals surface area (Å²) in [5.41, 5.74) is 2.59. The molecule has 0 amide bonds. The lowest BCUT2D eigenvalue weighted by atomic mass is 10.1. The molecule has 3 heterocycles. The van der Waals surface area contributed by atoms with Crippen LogP contribution in [0.1, 0.15) is 11.4 Å². The number of hydrogen-bond acceptors (Lipinski definition) is 5.